The Balaban J connectivity index is 1.49. The molecule has 0 radical (unpaired) electrons. The largest absolute Gasteiger partial charge is 0.465 e. The summed E-state index contributed by atoms with van der Waals surface area (Å²) in [5, 5.41) is 0. The van der Waals surface area contributed by atoms with Gasteiger partial charge in [0.05, 0.1) is 30.9 Å². The highest BCUT2D eigenvalue weighted by Crippen LogP contribution is 2.35. The van der Waals surface area contributed by atoms with Crippen molar-refractivity contribution in [1.29, 1.82) is 0 Å². The normalized spacial score (nSPS) is 25.2. The summed E-state index contributed by atoms with van der Waals surface area (Å²) in [6.07, 6.45) is 3.31. The molecule has 1 saturated heterocycles. The van der Waals surface area contributed by atoms with Gasteiger partial charge in [-0.15, -0.1) is 0 Å². The Labute approximate surface area is 146 Å². The number of hydrogen-bond acceptors (Lipinski definition) is 5. The molecule has 0 saturated carbocycles. The van der Waals surface area contributed by atoms with Gasteiger partial charge < -0.3 is 9.47 Å². The molecule has 2 amide bonds. The molecule has 25 heavy (non-hydrogen) atoms. The Kier molecular flexibility index (Phi) is 4.72. The summed E-state index contributed by atoms with van der Waals surface area (Å²) >= 11 is 0. The molecule has 132 valence electrons. The van der Waals surface area contributed by atoms with Crippen LogP contribution >= 0.6 is 0 Å². The highest BCUT2D eigenvalue weighted by Gasteiger charge is 2.40. The van der Waals surface area contributed by atoms with Crippen molar-refractivity contribution in [2.75, 3.05) is 18.1 Å². The summed E-state index contributed by atoms with van der Waals surface area (Å²) in [5.41, 5.74) is 1.06. The first-order valence-corrected chi connectivity index (χ1v) is 8.34. The SMILES string of the molecule is CC1COC1(C)CCOC(=O)Cc1ccc(N2C(=O)C=CC2=O)cc1. The molecule has 2 heterocycles. The minimum atomic E-state index is -0.363. The summed E-state index contributed by atoms with van der Waals surface area (Å²) in [5.74, 6) is -0.557. The fourth-order valence-electron chi connectivity index (χ4n) is 2.86. The van der Waals surface area contributed by atoms with Gasteiger partial charge in [0.15, 0.2) is 0 Å². The second kappa shape index (κ2) is 6.80. The monoisotopic (exact) mass is 343 g/mol. The Hall–Kier alpha value is -2.47. The zero-order valence-corrected chi connectivity index (χ0v) is 14.4. The molecule has 0 N–H and O–H groups in total. The molecule has 0 spiro atoms. The number of rotatable bonds is 6. The molecule has 0 bridgehead atoms. The zero-order valence-electron chi connectivity index (χ0n) is 14.4. The van der Waals surface area contributed by atoms with Crippen molar-refractivity contribution in [3.63, 3.8) is 0 Å². The second-order valence-corrected chi connectivity index (χ2v) is 6.68. The van der Waals surface area contributed by atoms with E-state index in [0.29, 0.717) is 24.6 Å². The molecular weight excluding hydrogens is 322 g/mol. The van der Waals surface area contributed by atoms with Crippen LogP contribution in [-0.2, 0) is 30.3 Å². The van der Waals surface area contributed by atoms with Gasteiger partial charge in [0.1, 0.15) is 0 Å². The minimum absolute atomic E-state index is 0.146. The van der Waals surface area contributed by atoms with Gasteiger partial charge in [0, 0.05) is 24.5 Å². The number of carbonyl (C=O) groups excluding carboxylic acids is 3. The lowest BCUT2D eigenvalue weighted by Gasteiger charge is -2.45. The number of esters is 1. The van der Waals surface area contributed by atoms with Crippen molar-refractivity contribution in [2.24, 2.45) is 5.92 Å². The van der Waals surface area contributed by atoms with E-state index in [2.05, 4.69) is 6.92 Å². The lowest BCUT2D eigenvalue weighted by molar-refractivity contribution is -0.195. The van der Waals surface area contributed by atoms with Gasteiger partial charge in [-0.25, -0.2) is 4.90 Å². The van der Waals surface area contributed by atoms with E-state index in [4.69, 9.17) is 9.47 Å². The Morgan fingerprint density at radius 2 is 1.88 bits per heavy atom. The second-order valence-electron chi connectivity index (χ2n) is 6.68. The predicted octanol–water partition coefficient (Wildman–Crippen LogP) is 2.02. The van der Waals surface area contributed by atoms with Crippen molar-refractivity contribution in [3.05, 3.63) is 42.0 Å². The summed E-state index contributed by atoms with van der Waals surface area (Å²) in [7, 11) is 0. The third-order valence-corrected chi connectivity index (χ3v) is 4.92. The van der Waals surface area contributed by atoms with Gasteiger partial charge in [0.25, 0.3) is 11.8 Å². The fourth-order valence-corrected chi connectivity index (χ4v) is 2.86. The number of benzene rings is 1. The van der Waals surface area contributed by atoms with Gasteiger partial charge >= 0.3 is 5.97 Å². The van der Waals surface area contributed by atoms with Crippen molar-refractivity contribution in [1.82, 2.24) is 0 Å². The lowest BCUT2D eigenvalue weighted by atomic mass is 9.83. The Bertz CT molecular complexity index is 706. The molecule has 2 atom stereocenters. The maximum atomic E-state index is 11.9. The highest BCUT2D eigenvalue weighted by atomic mass is 16.5. The first-order chi connectivity index (χ1) is 11.9. The zero-order chi connectivity index (χ0) is 18.0. The maximum Gasteiger partial charge on any atom is 0.310 e. The smallest absolute Gasteiger partial charge is 0.310 e. The van der Waals surface area contributed by atoms with Crippen molar-refractivity contribution in [2.45, 2.75) is 32.3 Å². The van der Waals surface area contributed by atoms with E-state index in [1.54, 1.807) is 24.3 Å². The first-order valence-electron chi connectivity index (χ1n) is 8.34. The van der Waals surface area contributed by atoms with Crippen LogP contribution in [0.1, 0.15) is 25.8 Å². The van der Waals surface area contributed by atoms with Crippen molar-refractivity contribution in [3.8, 4) is 0 Å². The minimum Gasteiger partial charge on any atom is -0.465 e. The molecule has 1 fully saturated rings. The van der Waals surface area contributed by atoms with Gasteiger partial charge in [0.2, 0.25) is 0 Å². The topological polar surface area (TPSA) is 72.9 Å². The van der Waals surface area contributed by atoms with Crippen LogP contribution in [0.15, 0.2) is 36.4 Å². The van der Waals surface area contributed by atoms with Crippen molar-refractivity contribution < 1.29 is 23.9 Å². The molecule has 1 aromatic carbocycles. The number of anilines is 1. The lowest BCUT2D eigenvalue weighted by Crippen LogP contribution is -2.50. The number of imide groups is 1. The van der Waals surface area contributed by atoms with Crippen LogP contribution in [0.4, 0.5) is 5.69 Å². The van der Waals surface area contributed by atoms with E-state index in [-0.39, 0.29) is 29.8 Å². The standard InChI is InChI=1S/C19H21NO5/c1-13-12-25-19(13,2)9-10-24-18(23)11-14-3-5-15(6-4-14)20-16(21)7-8-17(20)22/h3-8,13H,9-12H2,1-2H3. The summed E-state index contributed by atoms with van der Waals surface area (Å²) < 4.78 is 10.8. The van der Waals surface area contributed by atoms with Gasteiger partial charge in [-0.05, 0) is 24.6 Å². The summed E-state index contributed by atoms with van der Waals surface area (Å²) in [4.78, 5) is 36.3. The van der Waals surface area contributed by atoms with Gasteiger partial charge in [-0.1, -0.05) is 19.1 Å². The molecule has 3 rings (SSSR count). The summed E-state index contributed by atoms with van der Waals surface area (Å²) in [6.45, 7) is 5.25. The maximum absolute atomic E-state index is 11.9. The molecule has 6 nitrogen and oxygen atoms in total. The molecule has 0 aliphatic carbocycles. The quantitative estimate of drug-likeness (QED) is 0.584. The molecule has 1 aromatic rings. The average molecular weight is 343 g/mol. The Morgan fingerprint density at radius 1 is 1.24 bits per heavy atom. The fraction of sp³-hybridized carbons (Fsp3) is 0.421. The van der Waals surface area contributed by atoms with Crippen LogP contribution in [0, 0.1) is 5.92 Å². The van der Waals surface area contributed by atoms with E-state index in [0.717, 1.165) is 17.1 Å². The predicted molar refractivity (Wildman–Crippen MR) is 90.9 cm³/mol. The van der Waals surface area contributed by atoms with E-state index in [1.807, 2.05) is 6.92 Å². The number of carbonyl (C=O) groups is 3. The molecule has 2 aliphatic heterocycles. The average Bonchev–Trinajstić information content (AvgIpc) is 2.93. The van der Waals surface area contributed by atoms with Crippen LogP contribution < -0.4 is 4.90 Å². The van der Waals surface area contributed by atoms with Crippen LogP contribution in [0.3, 0.4) is 0 Å². The first kappa shape index (κ1) is 17.4. The van der Waals surface area contributed by atoms with Gasteiger partial charge in [-0.2, -0.15) is 0 Å². The van der Waals surface area contributed by atoms with E-state index >= 15 is 0 Å². The number of amides is 2. The molecule has 2 unspecified atom stereocenters. The van der Waals surface area contributed by atoms with Crippen LogP contribution in [0.5, 0.6) is 0 Å². The third kappa shape index (κ3) is 3.64. The van der Waals surface area contributed by atoms with E-state index < -0.39 is 0 Å². The summed E-state index contributed by atoms with van der Waals surface area (Å²) in [6, 6.07) is 6.73. The molecular formula is C19H21NO5. The number of ether oxygens (including phenoxy) is 2. The van der Waals surface area contributed by atoms with Crippen LogP contribution in [-0.4, -0.2) is 36.6 Å². The molecule has 6 heteroatoms. The van der Waals surface area contributed by atoms with Crippen LogP contribution in [0.25, 0.3) is 0 Å². The highest BCUT2D eigenvalue weighted by molar-refractivity contribution is 6.28. The van der Waals surface area contributed by atoms with E-state index in [9.17, 15) is 14.4 Å². The molecule has 0 aromatic heterocycles. The third-order valence-electron chi connectivity index (χ3n) is 4.92. The van der Waals surface area contributed by atoms with Crippen molar-refractivity contribution >= 4 is 23.5 Å². The number of nitrogens with zero attached hydrogens (tertiary/aromatic N) is 1. The number of hydrogen-bond donors (Lipinski definition) is 0. The van der Waals surface area contributed by atoms with Gasteiger partial charge in [-0.3, -0.25) is 14.4 Å². The van der Waals surface area contributed by atoms with Crippen LogP contribution in [0.2, 0.25) is 0 Å². The molecule has 2 aliphatic rings. The van der Waals surface area contributed by atoms with E-state index in [1.165, 1.54) is 12.2 Å². The Morgan fingerprint density at radius 3 is 2.40 bits per heavy atom.